The number of hydrazone groups is 1. The molecule has 4 heteroatoms. The van der Waals surface area contributed by atoms with Gasteiger partial charge >= 0.3 is 0 Å². The molecule has 0 unspecified atom stereocenters. The Kier molecular flexibility index (Phi) is 1.79. The molecule has 0 atom stereocenters. The Morgan fingerprint density at radius 3 is 3.11 bits per heavy atom. The second kappa shape index (κ2) is 2.59. The van der Waals surface area contributed by atoms with E-state index < -0.39 is 0 Å². The van der Waals surface area contributed by atoms with Gasteiger partial charge in [0, 0.05) is 11.1 Å². The summed E-state index contributed by atoms with van der Waals surface area (Å²) in [4.78, 5) is 5.17. The van der Waals surface area contributed by atoms with E-state index in [4.69, 9.17) is 5.84 Å². The van der Waals surface area contributed by atoms with Crippen LogP contribution in [0.25, 0.3) is 0 Å². The monoisotopic (exact) mass is 141 g/mol. The third-order valence-electron chi connectivity index (χ3n) is 0.824. The van der Waals surface area contributed by atoms with Gasteiger partial charge < -0.3 is 5.84 Å². The topological polar surface area (TPSA) is 51.3 Å². The molecular formula is C5H7N3S. The molecule has 48 valence electrons. The first-order valence-electron chi connectivity index (χ1n) is 2.48. The first-order chi connectivity index (χ1) is 4.33. The van der Waals surface area contributed by atoms with Gasteiger partial charge in [-0.15, -0.1) is 11.3 Å². The molecule has 0 spiro atoms. The number of aromatic nitrogens is 1. The van der Waals surface area contributed by atoms with Gasteiger partial charge in [0.1, 0.15) is 5.01 Å². The number of aryl methyl sites for hydroxylation is 1. The molecular weight excluding hydrogens is 134 g/mol. The quantitative estimate of drug-likeness (QED) is 0.356. The highest BCUT2D eigenvalue weighted by molar-refractivity contribution is 7.13. The average Bonchev–Trinajstić information content (AvgIpc) is 2.17. The minimum atomic E-state index is 0.856. The number of nitrogens with two attached hydrogens (primary N) is 1. The summed E-state index contributed by atoms with van der Waals surface area (Å²) in [6.07, 6.45) is 3.33. The van der Waals surface area contributed by atoms with Crippen molar-refractivity contribution in [1.29, 1.82) is 0 Å². The lowest BCUT2D eigenvalue weighted by Gasteiger charge is -1.74. The summed E-state index contributed by atoms with van der Waals surface area (Å²) in [6, 6.07) is 0. The van der Waals surface area contributed by atoms with Crippen LogP contribution in [0.1, 0.15) is 9.88 Å². The molecule has 2 N–H and O–H groups in total. The van der Waals surface area contributed by atoms with Crippen LogP contribution >= 0.6 is 11.3 Å². The fourth-order valence-corrected chi connectivity index (χ4v) is 1.15. The predicted molar refractivity (Wildman–Crippen MR) is 38.6 cm³/mol. The van der Waals surface area contributed by atoms with Crippen molar-refractivity contribution in [2.24, 2.45) is 10.9 Å². The molecule has 1 aromatic heterocycles. The Bertz CT molecular complexity index is 216. The molecule has 0 radical (unpaired) electrons. The highest BCUT2D eigenvalue weighted by Gasteiger charge is 1.91. The second-order valence-electron chi connectivity index (χ2n) is 1.59. The zero-order valence-corrected chi connectivity index (χ0v) is 5.85. The summed E-state index contributed by atoms with van der Waals surface area (Å²) >= 11 is 1.57. The van der Waals surface area contributed by atoms with Gasteiger partial charge in [0.2, 0.25) is 0 Å². The van der Waals surface area contributed by atoms with Crippen LogP contribution in [0.2, 0.25) is 0 Å². The normalized spacial score (nSPS) is 10.8. The maximum atomic E-state index is 4.91. The molecule has 3 nitrogen and oxygen atoms in total. The van der Waals surface area contributed by atoms with Crippen LogP contribution in [-0.4, -0.2) is 11.2 Å². The van der Waals surface area contributed by atoms with Gasteiger partial charge in [0.15, 0.2) is 0 Å². The Morgan fingerprint density at radius 1 is 1.89 bits per heavy atom. The van der Waals surface area contributed by atoms with Crippen LogP contribution in [-0.2, 0) is 0 Å². The largest absolute Gasteiger partial charge is 0.323 e. The van der Waals surface area contributed by atoms with Crippen molar-refractivity contribution < 1.29 is 0 Å². The van der Waals surface area contributed by atoms with Gasteiger partial charge in [-0.05, 0) is 6.92 Å². The SMILES string of the molecule is Cc1cnc(C=NN)s1. The fourth-order valence-electron chi connectivity index (χ4n) is 0.496. The number of thiazole rings is 1. The van der Waals surface area contributed by atoms with Crippen molar-refractivity contribution in [2.45, 2.75) is 6.92 Å². The van der Waals surface area contributed by atoms with Gasteiger partial charge in [-0.25, -0.2) is 4.98 Å². The average molecular weight is 141 g/mol. The van der Waals surface area contributed by atoms with E-state index in [1.807, 2.05) is 6.92 Å². The molecule has 1 rings (SSSR count). The summed E-state index contributed by atoms with van der Waals surface area (Å²) in [5.41, 5.74) is 0. The van der Waals surface area contributed by atoms with E-state index in [1.54, 1.807) is 17.5 Å². The molecule has 0 aliphatic heterocycles. The first kappa shape index (κ1) is 6.22. The number of rotatable bonds is 1. The zero-order valence-electron chi connectivity index (χ0n) is 5.03. The third-order valence-corrected chi connectivity index (χ3v) is 1.67. The molecule has 1 aromatic rings. The van der Waals surface area contributed by atoms with Gasteiger partial charge in [0.25, 0.3) is 0 Å². The molecule has 0 aliphatic carbocycles. The zero-order chi connectivity index (χ0) is 6.69. The van der Waals surface area contributed by atoms with E-state index in [9.17, 15) is 0 Å². The van der Waals surface area contributed by atoms with Gasteiger partial charge in [-0.3, -0.25) is 0 Å². The van der Waals surface area contributed by atoms with Crippen molar-refractivity contribution >= 4 is 17.6 Å². The molecule has 0 aromatic carbocycles. The molecule has 1 heterocycles. The smallest absolute Gasteiger partial charge is 0.136 e. The van der Waals surface area contributed by atoms with Crippen LogP contribution in [0.4, 0.5) is 0 Å². The maximum absolute atomic E-state index is 4.91. The van der Waals surface area contributed by atoms with Crippen molar-refractivity contribution in [3.05, 3.63) is 16.1 Å². The van der Waals surface area contributed by atoms with Crippen molar-refractivity contribution in [1.82, 2.24) is 4.98 Å². The van der Waals surface area contributed by atoms with Crippen molar-refractivity contribution in [3.63, 3.8) is 0 Å². The van der Waals surface area contributed by atoms with Crippen molar-refractivity contribution in [2.75, 3.05) is 0 Å². The minimum Gasteiger partial charge on any atom is -0.323 e. The fraction of sp³-hybridized carbons (Fsp3) is 0.200. The lowest BCUT2D eigenvalue weighted by Crippen LogP contribution is -1.82. The lowest BCUT2D eigenvalue weighted by molar-refractivity contribution is 1.25. The minimum absolute atomic E-state index is 0.856. The lowest BCUT2D eigenvalue weighted by atomic mass is 10.6. The van der Waals surface area contributed by atoms with E-state index in [-0.39, 0.29) is 0 Å². The van der Waals surface area contributed by atoms with E-state index in [0.29, 0.717) is 0 Å². The molecule has 0 fully saturated rings. The van der Waals surface area contributed by atoms with E-state index >= 15 is 0 Å². The van der Waals surface area contributed by atoms with Crippen LogP contribution in [0.3, 0.4) is 0 Å². The highest BCUT2D eigenvalue weighted by Crippen LogP contribution is 2.07. The Balaban J connectivity index is 2.85. The van der Waals surface area contributed by atoms with E-state index in [0.717, 1.165) is 5.01 Å². The number of hydrogen-bond acceptors (Lipinski definition) is 4. The predicted octanol–water partition coefficient (Wildman–Crippen LogP) is 0.744. The van der Waals surface area contributed by atoms with Crippen molar-refractivity contribution in [3.8, 4) is 0 Å². The third kappa shape index (κ3) is 1.50. The standard InChI is InChI=1S/C5H7N3S/c1-4-2-7-5(9-4)3-8-6/h2-3H,6H2,1H3. The van der Waals surface area contributed by atoms with Gasteiger partial charge in [-0.2, -0.15) is 5.10 Å². The molecule has 0 saturated heterocycles. The Hall–Kier alpha value is -0.900. The van der Waals surface area contributed by atoms with Crippen LogP contribution in [0, 0.1) is 6.92 Å². The Morgan fingerprint density at radius 2 is 2.67 bits per heavy atom. The highest BCUT2D eigenvalue weighted by atomic mass is 32.1. The summed E-state index contributed by atoms with van der Waals surface area (Å²) in [5.74, 6) is 4.91. The van der Waals surface area contributed by atoms with E-state index in [2.05, 4.69) is 10.1 Å². The summed E-state index contributed by atoms with van der Waals surface area (Å²) in [7, 11) is 0. The summed E-state index contributed by atoms with van der Waals surface area (Å²) in [5, 5.41) is 4.20. The van der Waals surface area contributed by atoms with Crippen LogP contribution in [0.15, 0.2) is 11.3 Å². The molecule has 0 saturated carbocycles. The molecule has 0 bridgehead atoms. The van der Waals surface area contributed by atoms with Gasteiger partial charge in [0.05, 0.1) is 6.21 Å². The number of hydrogen-bond donors (Lipinski definition) is 1. The number of nitrogens with zero attached hydrogens (tertiary/aromatic N) is 2. The maximum Gasteiger partial charge on any atom is 0.136 e. The molecule has 9 heavy (non-hydrogen) atoms. The molecule has 0 amide bonds. The molecule has 0 aliphatic rings. The second-order valence-corrected chi connectivity index (χ2v) is 2.85. The van der Waals surface area contributed by atoms with Crippen LogP contribution in [0.5, 0.6) is 0 Å². The summed E-state index contributed by atoms with van der Waals surface area (Å²) < 4.78 is 0. The van der Waals surface area contributed by atoms with Gasteiger partial charge in [-0.1, -0.05) is 0 Å². The summed E-state index contributed by atoms with van der Waals surface area (Å²) in [6.45, 7) is 1.99. The first-order valence-corrected chi connectivity index (χ1v) is 3.30. The Labute approximate surface area is 57.2 Å². The van der Waals surface area contributed by atoms with Crippen LogP contribution < -0.4 is 5.84 Å². The van der Waals surface area contributed by atoms with E-state index in [1.165, 1.54) is 11.1 Å².